The van der Waals surface area contributed by atoms with Crippen LogP contribution in [-0.2, 0) is 25.5 Å². The Morgan fingerprint density at radius 2 is 1.81 bits per heavy atom. The number of esters is 1. The molecule has 0 bridgehead atoms. The minimum atomic E-state index is -0.898. The number of aromatic nitrogens is 1. The van der Waals surface area contributed by atoms with Gasteiger partial charge in [0.2, 0.25) is 0 Å². The summed E-state index contributed by atoms with van der Waals surface area (Å²) in [4.78, 5) is 43.8. The summed E-state index contributed by atoms with van der Waals surface area (Å²) in [6.07, 6.45) is 3.24. The molecule has 1 saturated heterocycles. The third kappa shape index (κ3) is 4.98. The molecule has 1 atom stereocenters. The fraction of sp³-hybridized carbons (Fsp3) is 0.214. The molecule has 1 aliphatic rings. The highest BCUT2D eigenvalue weighted by Crippen LogP contribution is 2.42. The number of carbonyl (C=O) groups excluding carboxylic acids is 3. The van der Waals surface area contributed by atoms with Crippen LogP contribution in [0.5, 0.6) is 5.75 Å². The van der Waals surface area contributed by atoms with Gasteiger partial charge < -0.3 is 14.6 Å². The lowest BCUT2D eigenvalue weighted by atomic mass is 9.96. The molecule has 4 rings (SSSR count). The van der Waals surface area contributed by atoms with E-state index in [1.807, 2.05) is 6.92 Å². The molecule has 8 nitrogen and oxygen atoms in total. The Balaban J connectivity index is 1.79. The largest absolute Gasteiger partial charge is 0.507 e. The first-order valence-corrected chi connectivity index (χ1v) is 11.6. The molecule has 1 unspecified atom stereocenters. The van der Waals surface area contributed by atoms with E-state index in [1.165, 1.54) is 4.90 Å². The van der Waals surface area contributed by atoms with Gasteiger partial charge >= 0.3 is 5.97 Å². The quantitative estimate of drug-likeness (QED) is 0.220. The van der Waals surface area contributed by atoms with Gasteiger partial charge in [-0.15, -0.1) is 0 Å². The second kappa shape index (κ2) is 10.9. The van der Waals surface area contributed by atoms with Gasteiger partial charge in [-0.05, 0) is 55.3 Å². The van der Waals surface area contributed by atoms with Crippen LogP contribution in [0, 0.1) is 0 Å². The van der Waals surface area contributed by atoms with Gasteiger partial charge in [0.15, 0.2) is 0 Å². The summed E-state index contributed by atoms with van der Waals surface area (Å²) in [6.45, 7) is 4.32. The first kappa shape index (κ1) is 24.7. The maximum atomic E-state index is 13.3. The SMILES string of the molecule is CCOC(=O)Cc1ccc(N2C(=O)C(=O)/C(=C(\O)c3cccc(OCC)c3)C2c2cccnc2)cc1. The number of anilines is 1. The number of nitrogens with zero attached hydrogens (tertiary/aromatic N) is 2. The Morgan fingerprint density at radius 1 is 1.03 bits per heavy atom. The van der Waals surface area contributed by atoms with E-state index in [0.717, 1.165) is 0 Å². The van der Waals surface area contributed by atoms with Crippen LogP contribution in [0.2, 0.25) is 0 Å². The first-order valence-electron chi connectivity index (χ1n) is 11.6. The van der Waals surface area contributed by atoms with E-state index in [4.69, 9.17) is 9.47 Å². The van der Waals surface area contributed by atoms with Crippen molar-refractivity contribution in [3.63, 3.8) is 0 Å². The number of hydrogen-bond acceptors (Lipinski definition) is 7. The zero-order valence-corrected chi connectivity index (χ0v) is 20.0. The van der Waals surface area contributed by atoms with E-state index in [2.05, 4.69) is 4.98 Å². The lowest BCUT2D eigenvalue weighted by Crippen LogP contribution is -2.29. The summed E-state index contributed by atoms with van der Waals surface area (Å²) in [7, 11) is 0. The molecule has 184 valence electrons. The normalized spacial score (nSPS) is 16.7. The predicted octanol–water partition coefficient (Wildman–Crippen LogP) is 4.21. The first-order chi connectivity index (χ1) is 17.4. The van der Waals surface area contributed by atoms with Crippen LogP contribution < -0.4 is 9.64 Å². The van der Waals surface area contributed by atoms with Crippen LogP contribution in [0.1, 0.15) is 36.6 Å². The lowest BCUT2D eigenvalue weighted by molar-refractivity contribution is -0.142. The van der Waals surface area contributed by atoms with Crippen molar-refractivity contribution >= 4 is 29.1 Å². The second-order valence-corrected chi connectivity index (χ2v) is 8.06. The van der Waals surface area contributed by atoms with E-state index in [9.17, 15) is 19.5 Å². The molecule has 1 aliphatic heterocycles. The van der Waals surface area contributed by atoms with Crippen LogP contribution in [0.15, 0.2) is 78.6 Å². The van der Waals surface area contributed by atoms with Crippen molar-refractivity contribution in [2.24, 2.45) is 0 Å². The van der Waals surface area contributed by atoms with E-state index < -0.39 is 17.7 Å². The van der Waals surface area contributed by atoms with Gasteiger partial charge in [-0.3, -0.25) is 24.3 Å². The highest BCUT2D eigenvalue weighted by atomic mass is 16.5. The fourth-order valence-electron chi connectivity index (χ4n) is 4.16. The molecule has 1 amide bonds. The Kier molecular flexibility index (Phi) is 7.44. The van der Waals surface area contributed by atoms with Gasteiger partial charge in [-0.1, -0.05) is 30.3 Å². The monoisotopic (exact) mass is 486 g/mol. The molecular weight excluding hydrogens is 460 g/mol. The third-order valence-electron chi connectivity index (χ3n) is 5.73. The Hall–Kier alpha value is -4.46. The molecule has 0 spiro atoms. The van der Waals surface area contributed by atoms with E-state index in [-0.39, 0.29) is 23.7 Å². The molecule has 8 heteroatoms. The zero-order chi connectivity index (χ0) is 25.7. The zero-order valence-electron chi connectivity index (χ0n) is 20.0. The molecular formula is C28H26N2O6. The lowest BCUT2D eigenvalue weighted by Gasteiger charge is -2.25. The maximum Gasteiger partial charge on any atom is 0.310 e. The minimum Gasteiger partial charge on any atom is -0.507 e. The van der Waals surface area contributed by atoms with Crippen molar-refractivity contribution in [3.8, 4) is 5.75 Å². The molecule has 1 N–H and O–H groups in total. The van der Waals surface area contributed by atoms with Crippen molar-refractivity contribution in [3.05, 3.63) is 95.3 Å². The summed E-state index contributed by atoms with van der Waals surface area (Å²) < 4.78 is 10.5. The van der Waals surface area contributed by atoms with Gasteiger partial charge in [0.1, 0.15) is 11.5 Å². The average molecular weight is 487 g/mol. The number of aliphatic hydroxyl groups is 1. The molecule has 1 fully saturated rings. The van der Waals surface area contributed by atoms with Gasteiger partial charge in [0.05, 0.1) is 31.2 Å². The summed E-state index contributed by atoms with van der Waals surface area (Å²) in [5, 5.41) is 11.2. The molecule has 0 aliphatic carbocycles. The number of amides is 1. The molecule has 3 aromatic rings. The summed E-state index contributed by atoms with van der Waals surface area (Å²) in [6, 6.07) is 16.0. The number of ether oxygens (including phenoxy) is 2. The molecule has 0 radical (unpaired) electrons. The molecule has 0 saturated carbocycles. The number of rotatable bonds is 8. The molecule has 36 heavy (non-hydrogen) atoms. The van der Waals surface area contributed by atoms with Crippen molar-refractivity contribution < 1.29 is 29.0 Å². The Labute approximate surface area is 208 Å². The molecule has 2 heterocycles. The Morgan fingerprint density at radius 3 is 2.47 bits per heavy atom. The van der Waals surface area contributed by atoms with Gasteiger partial charge in [0.25, 0.3) is 11.7 Å². The van der Waals surface area contributed by atoms with E-state index >= 15 is 0 Å². The van der Waals surface area contributed by atoms with E-state index in [0.29, 0.717) is 41.3 Å². The standard InChI is InChI=1S/C28H26N2O6/c1-3-35-22-9-5-7-19(16-22)26(32)24-25(20-8-6-14-29-17-20)30(28(34)27(24)33)21-12-10-18(11-13-21)15-23(31)36-4-2/h5-14,16-17,25,32H,3-4,15H2,1-2H3/b26-24-. The average Bonchev–Trinajstić information content (AvgIpc) is 3.15. The van der Waals surface area contributed by atoms with Crippen molar-refractivity contribution in [1.82, 2.24) is 4.98 Å². The molecule has 1 aromatic heterocycles. The second-order valence-electron chi connectivity index (χ2n) is 8.06. The number of pyridine rings is 1. The minimum absolute atomic E-state index is 0.0442. The maximum absolute atomic E-state index is 13.3. The van der Waals surface area contributed by atoms with Crippen LogP contribution in [0.4, 0.5) is 5.69 Å². The topological polar surface area (TPSA) is 106 Å². The van der Waals surface area contributed by atoms with Gasteiger partial charge in [0, 0.05) is 23.6 Å². The smallest absolute Gasteiger partial charge is 0.310 e. The van der Waals surface area contributed by atoms with Crippen LogP contribution in [0.3, 0.4) is 0 Å². The number of Topliss-reactive ketones (excluding diaryl/α,β-unsaturated/α-hetero) is 1. The molecule has 2 aromatic carbocycles. The van der Waals surface area contributed by atoms with E-state index in [1.54, 1.807) is 80.0 Å². The van der Waals surface area contributed by atoms with Gasteiger partial charge in [-0.2, -0.15) is 0 Å². The number of benzene rings is 2. The summed E-state index contributed by atoms with van der Waals surface area (Å²) >= 11 is 0. The Bertz CT molecular complexity index is 1300. The highest BCUT2D eigenvalue weighted by molar-refractivity contribution is 6.51. The number of ketones is 1. The van der Waals surface area contributed by atoms with Crippen molar-refractivity contribution in [2.75, 3.05) is 18.1 Å². The summed E-state index contributed by atoms with van der Waals surface area (Å²) in [5.41, 5.74) is 2.03. The van der Waals surface area contributed by atoms with Gasteiger partial charge in [-0.25, -0.2) is 0 Å². The van der Waals surface area contributed by atoms with Crippen LogP contribution in [0.25, 0.3) is 5.76 Å². The predicted molar refractivity (Wildman–Crippen MR) is 133 cm³/mol. The van der Waals surface area contributed by atoms with Crippen LogP contribution in [-0.4, -0.2) is 41.0 Å². The highest BCUT2D eigenvalue weighted by Gasteiger charge is 2.47. The van der Waals surface area contributed by atoms with Crippen molar-refractivity contribution in [2.45, 2.75) is 26.3 Å². The number of aliphatic hydroxyl groups excluding tert-OH is 1. The number of carbonyl (C=O) groups is 3. The van der Waals surface area contributed by atoms with Crippen LogP contribution >= 0.6 is 0 Å². The fourth-order valence-corrected chi connectivity index (χ4v) is 4.16. The summed E-state index contributed by atoms with van der Waals surface area (Å²) in [5.74, 6) is -1.70. The number of hydrogen-bond donors (Lipinski definition) is 1. The van der Waals surface area contributed by atoms with Crippen molar-refractivity contribution in [1.29, 1.82) is 0 Å². The third-order valence-corrected chi connectivity index (χ3v) is 5.73.